The van der Waals surface area contributed by atoms with Crippen LogP contribution in [-0.2, 0) is 0 Å². The summed E-state index contributed by atoms with van der Waals surface area (Å²) in [6, 6.07) is 41.2. The summed E-state index contributed by atoms with van der Waals surface area (Å²) in [5.74, 6) is 1.66. The van der Waals surface area contributed by atoms with Gasteiger partial charge in [-0.25, -0.2) is 9.97 Å². The molecular formula is C44H25N3OS3. The van der Waals surface area contributed by atoms with Gasteiger partial charge in [-0.05, 0) is 58.8 Å². The second-order valence-electron chi connectivity index (χ2n) is 13.2. The number of hydrogen-bond acceptors (Lipinski definition) is 7. The highest BCUT2D eigenvalue weighted by Gasteiger charge is 2.43. The number of nitrogens with zero attached hydrogens (tertiary/aromatic N) is 3. The average Bonchev–Trinajstić information content (AvgIpc) is 3.87. The van der Waals surface area contributed by atoms with Crippen molar-refractivity contribution in [2.45, 2.75) is 31.5 Å². The first-order chi connectivity index (χ1) is 25.3. The molecule has 51 heavy (non-hydrogen) atoms. The van der Waals surface area contributed by atoms with Crippen molar-refractivity contribution in [3.05, 3.63) is 145 Å². The molecule has 0 saturated heterocycles. The lowest BCUT2D eigenvalue weighted by atomic mass is 9.87. The molecule has 3 aliphatic rings. The van der Waals surface area contributed by atoms with Crippen molar-refractivity contribution in [2.75, 3.05) is 4.90 Å². The van der Waals surface area contributed by atoms with Gasteiger partial charge in [-0.1, -0.05) is 121 Å². The second kappa shape index (κ2) is 10.6. The maximum atomic E-state index is 6.79. The van der Waals surface area contributed by atoms with E-state index in [1.807, 2.05) is 47.0 Å². The van der Waals surface area contributed by atoms with Crippen molar-refractivity contribution >= 4 is 99.4 Å². The Morgan fingerprint density at radius 2 is 1.35 bits per heavy atom. The molecule has 0 radical (unpaired) electrons. The Morgan fingerprint density at radius 1 is 0.627 bits per heavy atom. The van der Waals surface area contributed by atoms with Crippen LogP contribution in [-0.4, -0.2) is 16.0 Å². The van der Waals surface area contributed by atoms with Crippen LogP contribution < -0.4 is 4.90 Å². The fourth-order valence-electron chi connectivity index (χ4n) is 8.33. The Hall–Kier alpha value is -5.34. The molecule has 2 unspecified atom stereocenters. The van der Waals surface area contributed by atoms with Gasteiger partial charge in [-0.2, -0.15) is 0 Å². The standard InChI is InChI=1S/C44H25N3OS3/c1-2-13-25-24(12-1)36-26-14-3-6-18-30(26)47(39(36)37-28-16-5-8-20-32(28)50-42(25)37)44-40-38(27-15-4-7-19-31(27)48-40)45-43(46-44)29-17-11-23-35-41(29)51-34-22-10-9-21-33(34)49-35/h1-23,26,30H. The summed E-state index contributed by atoms with van der Waals surface area (Å²) in [6.07, 6.45) is 9.09. The largest absolute Gasteiger partial charge is 0.450 e. The zero-order valence-electron chi connectivity index (χ0n) is 26.9. The number of hydrogen-bond donors (Lipinski definition) is 0. The fourth-order valence-corrected chi connectivity index (χ4v) is 11.9. The van der Waals surface area contributed by atoms with Gasteiger partial charge >= 0.3 is 0 Å². The van der Waals surface area contributed by atoms with Crippen molar-refractivity contribution in [2.24, 2.45) is 0 Å². The van der Waals surface area contributed by atoms with Gasteiger partial charge < -0.3 is 9.32 Å². The summed E-state index contributed by atoms with van der Waals surface area (Å²) >= 11 is 5.51. The first kappa shape index (κ1) is 28.4. The van der Waals surface area contributed by atoms with Crippen molar-refractivity contribution in [1.29, 1.82) is 0 Å². The van der Waals surface area contributed by atoms with E-state index >= 15 is 0 Å². The summed E-state index contributed by atoms with van der Waals surface area (Å²) in [6.45, 7) is 0. The highest BCUT2D eigenvalue weighted by molar-refractivity contribution is 8.05. The SMILES string of the molecule is C1=CC2c3c(c4c5ccccc5sc4c4ccccc34)N(c3nc(-c4cccc5c4Sc4ccccc4S5)nc4c3oc3ccccc34)C2C=C1. The minimum atomic E-state index is 0.0123. The first-order valence-corrected chi connectivity index (χ1v) is 19.5. The molecule has 0 N–H and O–H groups in total. The molecular weight excluding hydrogens is 683 g/mol. The van der Waals surface area contributed by atoms with Gasteiger partial charge in [0.25, 0.3) is 0 Å². The molecule has 0 saturated carbocycles. The monoisotopic (exact) mass is 707 g/mol. The molecule has 12 rings (SSSR count). The molecule has 3 aromatic heterocycles. The molecule has 0 amide bonds. The molecule has 0 bridgehead atoms. The summed E-state index contributed by atoms with van der Waals surface area (Å²) in [5, 5.41) is 6.15. The highest BCUT2D eigenvalue weighted by atomic mass is 32.2. The topological polar surface area (TPSA) is 42.2 Å². The quantitative estimate of drug-likeness (QED) is 0.178. The smallest absolute Gasteiger partial charge is 0.196 e. The Balaban J connectivity index is 1.20. The van der Waals surface area contributed by atoms with Crippen LogP contribution in [0.2, 0.25) is 0 Å². The van der Waals surface area contributed by atoms with Crippen LogP contribution in [0.3, 0.4) is 0 Å². The third kappa shape index (κ3) is 3.94. The average molecular weight is 708 g/mol. The van der Waals surface area contributed by atoms with Crippen LogP contribution in [0, 0.1) is 0 Å². The van der Waals surface area contributed by atoms with E-state index in [2.05, 4.69) is 132 Å². The molecule has 2 aliphatic heterocycles. The lowest BCUT2D eigenvalue weighted by Gasteiger charge is -2.28. The molecule has 0 fully saturated rings. The lowest BCUT2D eigenvalue weighted by molar-refractivity contribution is 0.659. The Morgan fingerprint density at radius 3 is 2.25 bits per heavy atom. The Labute approximate surface area is 305 Å². The minimum absolute atomic E-state index is 0.0123. The summed E-state index contributed by atoms with van der Waals surface area (Å²) in [5.41, 5.74) is 5.96. The molecule has 5 heterocycles. The number of fused-ring (bicyclic) bond motifs is 15. The van der Waals surface area contributed by atoms with Gasteiger partial charge in [0.2, 0.25) is 0 Å². The molecule has 240 valence electrons. The van der Waals surface area contributed by atoms with Crippen LogP contribution >= 0.6 is 34.9 Å². The van der Waals surface area contributed by atoms with E-state index < -0.39 is 0 Å². The highest BCUT2D eigenvalue weighted by Crippen LogP contribution is 2.58. The van der Waals surface area contributed by atoms with Crippen molar-refractivity contribution in [3.8, 4) is 11.4 Å². The summed E-state index contributed by atoms with van der Waals surface area (Å²) in [7, 11) is 0. The maximum Gasteiger partial charge on any atom is 0.196 e. The Bertz CT molecular complexity index is 3030. The van der Waals surface area contributed by atoms with E-state index in [-0.39, 0.29) is 12.0 Å². The van der Waals surface area contributed by atoms with Crippen molar-refractivity contribution in [3.63, 3.8) is 0 Å². The molecule has 4 nitrogen and oxygen atoms in total. The number of aromatic nitrogens is 2. The number of thiophene rings is 1. The molecule has 7 heteroatoms. The molecule has 2 atom stereocenters. The molecule has 0 spiro atoms. The molecule has 9 aromatic rings. The number of para-hydroxylation sites is 1. The van der Waals surface area contributed by atoms with Crippen molar-refractivity contribution in [1.82, 2.24) is 9.97 Å². The second-order valence-corrected chi connectivity index (χ2v) is 16.4. The van der Waals surface area contributed by atoms with E-state index in [0.717, 1.165) is 27.9 Å². The van der Waals surface area contributed by atoms with E-state index in [1.54, 1.807) is 0 Å². The van der Waals surface area contributed by atoms with Crippen LogP contribution in [0.1, 0.15) is 11.5 Å². The van der Waals surface area contributed by atoms with Crippen LogP contribution in [0.15, 0.2) is 164 Å². The van der Waals surface area contributed by atoms with E-state index in [1.165, 1.54) is 61.8 Å². The van der Waals surface area contributed by atoms with Gasteiger partial charge in [-0.15, -0.1) is 11.3 Å². The number of anilines is 2. The zero-order chi connectivity index (χ0) is 33.2. The Kier molecular flexibility index (Phi) is 5.89. The van der Waals surface area contributed by atoms with Crippen molar-refractivity contribution < 1.29 is 4.42 Å². The number of rotatable bonds is 2. The van der Waals surface area contributed by atoms with Gasteiger partial charge in [0.05, 0.1) is 11.7 Å². The van der Waals surface area contributed by atoms with E-state index in [0.29, 0.717) is 11.4 Å². The minimum Gasteiger partial charge on any atom is -0.450 e. The number of benzene rings is 6. The van der Waals surface area contributed by atoms with Crippen LogP contribution in [0.25, 0.3) is 64.4 Å². The number of furan rings is 1. The summed E-state index contributed by atoms with van der Waals surface area (Å²) in [4.78, 5) is 18.4. The first-order valence-electron chi connectivity index (χ1n) is 17.1. The third-order valence-corrected chi connectivity index (χ3v) is 14.3. The molecule has 6 aromatic carbocycles. The van der Waals surface area contributed by atoms with Gasteiger partial charge in [-0.3, -0.25) is 0 Å². The predicted molar refractivity (Wildman–Crippen MR) is 213 cm³/mol. The van der Waals surface area contributed by atoms with Gasteiger partial charge in [0, 0.05) is 56.6 Å². The lowest BCUT2D eigenvalue weighted by Crippen LogP contribution is -2.29. The van der Waals surface area contributed by atoms with Gasteiger partial charge in [0.1, 0.15) is 11.1 Å². The van der Waals surface area contributed by atoms with Gasteiger partial charge in [0.15, 0.2) is 17.2 Å². The predicted octanol–water partition coefficient (Wildman–Crippen LogP) is 12.9. The van der Waals surface area contributed by atoms with Crippen LogP contribution in [0.5, 0.6) is 0 Å². The molecule has 1 aliphatic carbocycles. The van der Waals surface area contributed by atoms with E-state index in [4.69, 9.17) is 14.4 Å². The fraction of sp³-hybridized carbons (Fsp3) is 0.0455. The summed E-state index contributed by atoms with van der Waals surface area (Å²) < 4.78 is 9.39. The third-order valence-electron chi connectivity index (χ3n) is 10.5. The zero-order valence-corrected chi connectivity index (χ0v) is 29.4. The normalized spacial score (nSPS) is 17.5. The van der Waals surface area contributed by atoms with Crippen LogP contribution in [0.4, 0.5) is 11.5 Å². The maximum absolute atomic E-state index is 6.79. The van der Waals surface area contributed by atoms with E-state index in [9.17, 15) is 0 Å². The number of allylic oxidation sites excluding steroid dienone is 2.